The van der Waals surface area contributed by atoms with Gasteiger partial charge in [0.1, 0.15) is 19.0 Å². The zero-order valence-electron chi connectivity index (χ0n) is 12.2. The number of aliphatic imine (C=N–C) groups is 1. The maximum Gasteiger partial charge on any atom is 0.191 e. The van der Waals surface area contributed by atoms with E-state index in [4.69, 9.17) is 26.8 Å². The molecule has 0 fully saturated rings. The maximum atomic E-state index is 6.49. The Morgan fingerprint density at radius 1 is 1.36 bits per heavy atom. The van der Waals surface area contributed by atoms with E-state index < -0.39 is 5.79 Å². The van der Waals surface area contributed by atoms with Gasteiger partial charge in [0.25, 0.3) is 0 Å². The Kier molecular flexibility index (Phi) is 3.96. The summed E-state index contributed by atoms with van der Waals surface area (Å²) in [5.74, 6) is 0.772. The summed E-state index contributed by atoms with van der Waals surface area (Å²) in [5.41, 5.74) is 8.01. The van der Waals surface area contributed by atoms with Crippen molar-refractivity contribution in [3.05, 3.63) is 32.9 Å². The Morgan fingerprint density at radius 2 is 2.09 bits per heavy atom. The molecule has 3 rings (SSSR count). The summed E-state index contributed by atoms with van der Waals surface area (Å²) < 4.78 is 11.9. The van der Waals surface area contributed by atoms with Crippen molar-refractivity contribution in [2.45, 2.75) is 12.7 Å². The minimum absolute atomic E-state index is 0.455. The van der Waals surface area contributed by atoms with Crippen molar-refractivity contribution in [2.75, 3.05) is 20.3 Å². The summed E-state index contributed by atoms with van der Waals surface area (Å²) in [6, 6.07) is 1.79. The van der Waals surface area contributed by atoms with E-state index in [-0.39, 0.29) is 0 Å². The molecule has 0 aromatic heterocycles. The Balaban J connectivity index is 2.12. The summed E-state index contributed by atoms with van der Waals surface area (Å²) in [6.45, 7) is 2.88. The van der Waals surface area contributed by atoms with Crippen molar-refractivity contribution in [1.82, 2.24) is 10.6 Å². The summed E-state index contributed by atoms with van der Waals surface area (Å²) in [6.07, 6.45) is 1.87. The fraction of sp³-hybridized carbons (Fsp3) is 0.357. The van der Waals surface area contributed by atoms with Gasteiger partial charge >= 0.3 is 0 Å². The van der Waals surface area contributed by atoms with Gasteiger partial charge in [-0.15, -0.1) is 0 Å². The average molecular weight is 388 g/mol. The fourth-order valence-corrected chi connectivity index (χ4v) is 3.30. The van der Waals surface area contributed by atoms with Gasteiger partial charge in [-0.1, -0.05) is 11.6 Å². The summed E-state index contributed by atoms with van der Waals surface area (Å²) >= 11 is 9.95. The molecule has 0 bridgehead atoms. The second-order valence-electron chi connectivity index (χ2n) is 5.07. The molecule has 4 N–H and O–H groups in total. The van der Waals surface area contributed by atoms with Crippen LogP contribution in [0.3, 0.4) is 0 Å². The fourth-order valence-electron chi connectivity index (χ4n) is 2.49. The lowest BCUT2D eigenvalue weighted by Crippen LogP contribution is -2.64. The number of allylic oxidation sites excluding steroid dienone is 1. The molecule has 2 aliphatic heterocycles. The zero-order valence-corrected chi connectivity index (χ0v) is 14.5. The number of rotatable bonds is 1. The van der Waals surface area contributed by atoms with E-state index >= 15 is 0 Å². The monoisotopic (exact) mass is 386 g/mol. The lowest BCUT2D eigenvalue weighted by atomic mass is 10.0. The van der Waals surface area contributed by atoms with Gasteiger partial charge in [-0.3, -0.25) is 10.7 Å². The molecule has 118 valence electrons. The van der Waals surface area contributed by atoms with E-state index in [2.05, 4.69) is 31.6 Å². The van der Waals surface area contributed by atoms with Crippen LogP contribution < -0.4 is 25.8 Å². The predicted molar refractivity (Wildman–Crippen MR) is 89.4 cm³/mol. The van der Waals surface area contributed by atoms with Crippen LogP contribution in [0.1, 0.15) is 12.5 Å². The van der Waals surface area contributed by atoms with E-state index in [1.54, 1.807) is 13.1 Å². The molecule has 1 aromatic carbocycles. The van der Waals surface area contributed by atoms with Crippen molar-refractivity contribution in [3.8, 4) is 11.5 Å². The van der Waals surface area contributed by atoms with Gasteiger partial charge in [0, 0.05) is 18.3 Å². The molecule has 1 atom stereocenters. The Bertz CT molecular complexity index is 692. The SMILES string of the molecule is CN=C1C=C(C)NC(N)(c2cc3c(c(Br)c2Cl)OCCO3)N1. The lowest BCUT2D eigenvalue weighted by molar-refractivity contribution is 0.169. The highest BCUT2D eigenvalue weighted by Crippen LogP contribution is 2.45. The first kappa shape index (κ1) is 15.5. The number of halogens is 2. The first-order chi connectivity index (χ1) is 10.4. The highest BCUT2D eigenvalue weighted by molar-refractivity contribution is 9.10. The molecular weight excluding hydrogens is 372 g/mol. The van der Waals surface area contributed by atoms with Gasteiger partial charge in [0.05, 0.1) is 9.50 Å². The Labute approximate surface area is 141 Å². The highest BCUT2D eigenvalue weighted by atomic mass is 79.9. The van der Waals surface area contributed by atoms with Crippen LogP contribution in [0.5, 0.6) is 11.5 Å². The van der Waals surface area contributed by atoms with E-state index in [9.17, 15) is 0 Å². The molecule has 0 aliphatic carbocycles. The van der Waals surface area contributed by atoms with Crippen LogP contribution in [-0.4, -0.2) is 26.1 Å². The van der Waals surface area contributed by atoms with Crippen molar-refractivity contribution in [2.24, 2.45) is 10.7 Å². The lowest BCUT2D eigenvalue weighted by Gasteiger charge is -2.38. The summed E-state index contributed by atoms with van der Waals surface area (Å²) in [5, 5.41) is 6.79. The van der Waals surface area contributed by atoms with Crippen LogP contribution in [0.4, 0.5) is 0 Å². The number of benzene rings is 1. The number of ether oxygens (including phenoxy) is 2. The molecule has 0 amide bonds. The van der Waals surface area contributed by atoms with Gasteiger partial charge < -0.3 is 20.1 Å². The van der Waals surface area contributed by atoms with Crippen LogP contribution >= 0.6 is 27.5 Å². The van der Waals surface area contributed by atoms with Crippen molar-refractivity contribution in [3.63, 3.8) is 0 Å². The van der Waals surface area contributed by atoms with Gasteiger partial charge in [0.2, 0.25) is 0 Å². The van der Waals surface area contributed by atoms with E-state index in [1.165, 1.54) is 0 Å². The van der Waals surface area contributed by atoms with Crippen LogP contribution in [-0.2, 0) is 5.79 Å². The van der Waals surface area contributed by atoms with Crippen molar-refractivity contribution >= 4 is 33.4 Å². The Morgan fingerprint density at radius 3 is 2.82 bits per heavy atom. The van der Waals surface area contributed by atoms with Crippen LogP contribution in [0.25, 0.3) is 0 Å². The van der Waals surface area contributed by atoms with Crippen LogP contribution in [0, 0.1) is 0 Å². The first-order valence-corrected chi connectivity index (χ1v) is 7.90. The normalized spacial score (nSPS) is 25.3. The minimum Gasteiger partial charge on any atom is -0.486 e. The van der Waals surface area contributed by atoms with Crippen molar-refractivity contribution in [1.29, 1.82) is 0 Å². The van der Waals surface area contributed by atoms with E-state index in [1.807, 2.05) is 13.0 Å². The second-order valence-corrected chi connectivity index (χ2v) is 6.24. The highest BCUT2D eigenvalue weighted by Gasteiger charge is 2.36. The first-order valence-electron chi connectivity index (χ1n) is 6.73. The Hall–Kier alpha value is -1.44. The molecule has 0 spiro atoms. The smallest absolute Gasteiger partial charge is 0.191 e. The number of hydrogen-bond acceptors (Lipinski definition) is 5. The largest absolute Gasteiger partial charge is 0.486 e. The molecular formula is C14H16BrClN4O2. The molecule has 6 nitrogen and oxygen atoms in total. The molecule has 0 saturated carbocycles. The maximum absolute atomic E-state index is 6.49. The number of nitrogens with one attached hydrogen (secondary N) is 2. The third-order valence-electron chi connectivity index (χ3n) is 3.45. The number of hydrogen-bond donors (Lipinski definition) is 3. The van der Waals surface area contributed by atoms with E-state index in [0.29, 0.717) is 45.6 Å². The van der Waals surface area contributed by atoms with Gasteiger partial charge in [-0.2, -0.15) is 0 Å². The third-order valence-corrected chi connectivity index (χ3v) is 4.83. The minimum atomic E-state index is -1.09. The zero-order chi connectivity index (χ0) is 15.9. The number of fused-ring (bicyclic) bond motifs is 1. The quantitative estimate of drug-likeness (QED) is 0.687. The molecule has 8 heteroatoms. The number of amidine groups is 1. The molecule has 0 saturated heterocycles. The molecule has 0 radical (unpaired) electrons. The summed E-state index contributed by atoms with van der Waals surface area (Å²) in [7, 11) is 1.69. The summed E-state index contributed by atoms with van der Waals surface area (Å²) in [4.78, 5) is 4.16. The van der Waals surface area contributed by atoms with Gasteiger partial charge in [-0.25, -0.2) is 0 Å². The standard InChI is InChI=1S/C14H16BrClN4O2/c1-7-5-10(18-2)20-14(17,19-7)8-6-9-13(11(15)12(8)16)22-4-3-21-9/h5-6,19H,3-4,17H2,1-2H3,(H,18,20). The average Bonchev–Trinajstić information content (AvgIpc) is 2.50. The molecule has 1 unspecified atom stereocenters. The number of nitrogens with zero attached hydrogens (tertiary/aromatic N) is 1. The second kappa shape index (κ2) is 5.64. The van der Waals surface area contributed by atoms with Gasteiger partial charge in [-0.05, 0) is 35.0 Å². The topological polar surface area (TPSA) is 80.9 Å². The predicted octanol–water partition coefficient (Wildman–Crippen LogP) is 2.07. The molecule has 22 heavy (non-hydrogen) atoms. The molecule has 2 aliphatic rings. The van der Waals surface area contributed by atoms with Crippen LogP contribution in [0.2, 0.25) is 5.02 Å². The number of nitrogens with two attached hydrogens (primary N) is 1. The molecule has 2 heterocycles. The van der Waals surface area contributed by atoms with Crippen molar-refractivity contribution < 1.29 is 9.47 Å². The molecule has 1 aromatic rings. The van der Waals surface area contributed by atoms with Gasteiger partial charge in [0.15, 0.2) is 17.3 Å². The van der Waals surface area contributed by atoms with Crippen LogP contribution in [0.15, 0.2) is 27.3 Å². The van der Waals surface area contributed by atoms with E-state index in [0.717, 1.165) is 5.70 Å². The third kappa shape index (κ3) is 2.53.